The highest BCUT2D eigenvalue weighted by atomic mass is 35.5. The van der Waals surface area contributed by atoms with Crippen LogP contribution in [0.5, 0.6) is 5.75 Å². The van der Waals surface area contributed by atoms with Crippen LogP contribution >= 0.6 is 23.2 Å². The normalized spacial score (nSPS) is 13.3. The molecule has 1 heterocycles. The third-order valence-electron chi connectivity index (χ3n) is 6.66. The molecule has 1 aliphatic heterocycles. The minimum Gasteiger partial charge on any atom is -0.506 e. The van der Waals surface area contributed by atoms with E-state index in [2.05, 4.69) is 17.4 Å². The van der Waals surface area contributed by atoms with Gasteiger partial charge < -0.3 is 14.8 Å². The minimum atomic E-state index is -0.363. The van der Waals surface area contributed by atoms with Crippen molar-refractivity contribution < 1.29 is 14.3 Å². The van der Waals surface area contributed by atoms with Gasteiger partial charge in [-0.3, -0.25) is 9.59 Å². The van der Waals surface area contributed by atoms with Crippen molar-refractivity contribution in [1.82, 2.24) is 5.32 Å². The summed E-state index contributed by atoms with van der Waals surface area (Å²) in [6.07, 6.45) is 1.64. The van der Waals surface area contributed by atoms with Crippen molar-refractivity contribution in [3.8, 4) is 28.2 Å². The van der Waals surface area contributed by atoms with Crippen LogP contribution in [0.2, 0.25) is 10.0 Å². The number of carbonyl (C=O) groups excluding carboxylic acids is 1. The van der Waals surface area contributed by atoms with Crippen molar-refractivity contribution in [3.63, 3.8) is 0 Å². The molecule has 3 aromatic rings. The topological polar surface area (TPSA) is 79.5 Å². The Morgan fingerprint density at radius 2 is 1.61 bits per heavy atom. The van der Waals surface area contributed by atoms with Gasteiger partial charge in [-0.25, -0.2) is 0 Å². The monoisotopic (exact) mass is 515 g/mol. The van der Waals surface area contributed by atoms with Gasteiger partial charge in [0.2, 0.25) is 5.43 Å². The molecule has 0 saturated heterocycles. The van der Waals surface area contributed by atoms with Gasteiger partial charge in [0.1, 0.15) is 17.1 Å². The van der Waals surface area contributed by atoms with Gasteiger partial charge in [0.15, 0.2) is 0 Å². The van der Waals surface area contributed by atoms with Crippen molar-refractivity contribution in [1.29, 1.82) is 0 Å². The van der Waals surface area contributed by atoms with Crippen molar-refractivity contribution >= 4 is 40.1 Å². The van der Waals surface area contributed by atoms with E-state index in [1.807, 2.05) is 24.3 Å². The Balaban J connectivity index is 1.38. The summed E-state index contributed by atoms with van der Waals surface area (Å²) < 4.78 is 5.90. The molecule has 0 aromatic heterocycles. The third kappa shape index (κ3) is 3.91. The van der Waals surface area contributed by atoms with Gasteiger partial charge in [0.05, 0.1) is 10.0 Å². The fourth-order valence-electron chi connectivity index (χ4n) is 4.93. The average molecular weight is 516 g/mol. The van der Waals surface area contributed by atoms with Gasteiger partial charge in [-0.2, -0.15) is 0 Å². The SMILES string of the molecule is O=C(NC1Cc2ccccc2C1)c1ccc(-c2c3cc(Cl)c(=O)cc-3oc3cc(O)c(Cl)cc23)cc1. The lowest BCUT2D eigenvalue weighted by molar-refractivity contribution is 0.0938. The van der Waals surface area contributed by atoms with Gasteiger partial charge in [-0.1, -0.05) is 59.6 Å². The molecule has 0 fully saturated rings. The Hall–Kier alpha value is -3.80. The Morgan fingerprint density at radius 3 is 2.31 bits per heavy atom. The highest BCUT2D eigenvalue weighted by Gasteiger charge is 2.24. The first kappa shape index (κ1) is 22.7. The highest BCUT2D eigenvalue weighted by molar-refractivity contribution is 6.33. The number of phenolic OH excluding ortho intramolecular Hbond substituents is 1. The molecule has 0 spiro atoms. The number of hydrogen-bond acceptors (Lipinski definition) is 4. The van der Waals surface area contributed by atoms with Crippen molar-refractivity contribution in [2.24, 2.45) is 0 Å². The molecule has 7 heteroatoms. The number of halogens is 2. The van der Waals surface area contributed by atoms with Crippen LogP contribution in [-0.2, 0) is 12.8 Å². The zero-order valence-corrected chi connectivity index (χ0v) is 20.4. The van der Waals surface area contributed by atoms with Gasteiger partial charge in [-0.05, 0) is 53.8 Å². The van der Waals surface area contributed by atoms with Gasteiger partial charge >= 0.3 is 0 Å². The molecule has 5 nitrogen and oxygen atoms in total. The van der Waals surface area contributed by atoms with Crippen LogP contribution in [0.25, 0.3) is 33.4 Å². The molecular formula is C29H19Cl2NO4. The molecule has 2 aliphatic carbocycles. The number of amides is 1. The number of hydrogen-bond donors (Lipinski definition) is 2. The van der Waals surface area contributed by atoms with Crippen LogP contribution in [0.1, 0.15) is 21.5 Å². The molecule has 1 amide bonds. The zero-order valence-electron chi connectivity index (χ0n) is 18.8. The minimum absolute atomic E-state index is 0.0662. The quantitative estimate of drug-likeness (QED) is 0.269. The second-order valence-electron chi connectivity index (χ2n) is 8.98. The first-order chi connectivity index (χ1) is 17.4. The molecular weight excluding hydrogens is 497 g/mol. The van der Waals surface area contributed by atoms with E-state index in [1.54, 1.807) is 24.3 Å². The zero-order chi connectivity index (χ0) is 25.0. The summed E-state index contributed by atoms with van der Waals surface area (Å²) in [6, 6.07) is 21.4. The van der Waals surface area contributed by atoms with E-state index in [0.29, 0.717) is 27.9 Å². The summed E-state index contributed by atoms with van der Waals surface area (Å²) in [4.78, 5) is 25.1. The van der Waals surface area contributed by atoms with E-state index in [4.69, 9.17) is 27.6 Å². The summed E-state index contributed by atoms with van der Waals surface area (Å²) in [5, 5.41) is 14.1. The fourth-order valence-corrected chi connectivity index (χ4v) is 5.26. The summed E-state index contributed by atoms with van der Waals surface area (Å²) in [5.74, 6) is 0.0657. The number of rotatable bonds is 3. The first-order valence-corrected chi connectivity index (χ1v) is 12.2. The summed E-state index contributed by atoms with van der Waals surface area (Å²) in [6.45, 7) is 0. The number of nitrogens with one attached hydrogen (secondary N) is 1. The molecule has 3 aliphatic rings. The van der Waals surface area contributed by atoms with Crippen LogP contribution in [0, 0.1) is 0 Å². The fraction of sp³-hybridized carbons (Fsp3) is 0.103. The summed E-state index contributed by atoms with van der Waals surface area (Å²) in [7, 11) is 0. The molecule has 0 unspecified atom stereocenters. The van der Waals surface area contributed by atoms with Crippen molar-refractivity contribution in [3.05, 3.63) is 110 Å². The number of aromatic hydroxyl groups is 1. The molecule has 0 radical (unpaired) electrons. The lowest BCUT2D eigenvalue weighted by Gasteiger charge is -2.17. The standard InChI is InChI=1S/C29H19Cl2NO4/c30-22-11-20-26(13-24(22)33)36-27-14-25(34)23(31)12-21(27)28(20)15-5-7-16(8-6-15)29(35)32-19-9-17-3-1-2-4-18(17)10-19/h1-8,11-14,19,33H,9-10H2,(H,32,35). The Labute approximate surface area is 216 Å². The van der Waals surface area contributed by atoms with Crippen molar-refractivity contribution in [2.75, 3.05) is 0 Å². The Kier molecular flexibility index (Phi) is 5.47. The molecule has 178 valence electrons. The number of carbonyl (C=O) groups is 1. The number of benzene rings is 4. The number of fused-ring (bicyclic) bond motifs is 3. The molecule has 0 atom stereocenters. The Bertz CT molecular complexity index is 1670. The van der Waals surface area contributed by atoms with E-state index in [9.17, 15) is 14.7 Å². The van der Waals surface area contributed by atoms with Crippen LogP contribution < -0.4 is 10.7 Å². The smallest absolute Gasteiger partial charge is 0.251 e. The molecule has 6 rings (SSSR count). The summed E-state index contributed by atoms with van der Waals surface area (Å²) in [5.41, 5.74) is 5.22. The maximum Gasteiger partial charge on any atom is 0.251 e. The van der Waals surface area contributed by atoms with Crippen molar-refractivity contribution in [2.45, 2.75) is 18.9 Å². The van der Waals surface area contributed by atoms with E-state index < -0.39 is 0 Å². The van der Waals surface area contributed by atoms with E-state index in [-0.39, 0.29) is 33.2 Å². The lowest BCUT2D eigenvalue weighted by atomic mass is 9.93. The predicted molar refractivity (Wildman–Crippen MR) is 141 cm³/mol. The maximum absolute atomic E-state index is 13.0. The van der Waals surface area contributed by atoms with E-state index in [0.717, 1.165) is 24.0 Å². The largest absolute Gasteiger partial charge is 0.506 e. The van der Waals surface area contributed by atoms with Gasteiger partial charge in [0, 0.05) is 40.3 Å². The second-order valence-corrected chi connectivity index (χ2v) is 9.79. The lowest BCUT2D eigenvalue weighted by Crippen LogP contribution is -2.35. The Morgan fingerprint density at radius 1 is 0.917 bits per heavy atom. The van der Waals surface area contributed by atoms with E-state index in [1.165, 1.54) is 23.3 Å². The first-order valence-electron chi connectivity index (χ1n) is 11.4. The maximum atomic E-state index is 13.0. The molecule has 2 N–H and O–H groups in total. The van der Waals surface area contributed by atoms with Gasteiger partial charge in [0.25, 0.3) is 5.91 Å². The van der Waals surface area contributed by atoms with Crippen LogP contribution in [0.3, 0.4) is 0 Å². The average Bonchev–Trinajstić information content (AvgIpc) is 3.27. The number of phenols is 1. The van der Waals surface area contributed by atoms with Crippen LogP contribution in [0.4, 0.5) is 0 Å². The predicted octanol–water partition coefficient (Wildman–Crippen LogP) is 6.47. The summed E-state index contributed by atoms with van der Waals surface area (Å²) >= 11 is 12.4. The molecule has 0 bridgehead atoms. The highest BCUT2D eigenvalue weighted by Crippen LogP contribution is 2.43. The van der Waals surface area contributed by atoms with E-state index >= 15 is 0 Å². The van der Waals surface area contributed by atoms with Crippen LogP contribution in [0.15, 0.2) is 82.0 Å². The molecule has 36 heavy (non-hydrogen) atoms. The molecule has 3 aromatic carbocycles. The second kappa shape index (κ2) is 8.70. The third-order valence-corrected chi connectivity index (χ3v) is 7.26. The molecule has 0 saturated carbocycles. The van der Waals surface area contributed by atoms with Crippen LogP contribution in [-0.4, -0.2) is 17.1 Å². The van der Waals surface area contributed by atoms with Gasteiger partial charge in [-0.15, -0.1) is 0 Å².